The Morgan fingerprint density at radius 1 is 0.829 bits per heavy atom. The highest BCUT2D eigenvalue weighted by Crippen LogP contribution is 2.35. The number of para-hydroxylation sites is 1. The molecule has 210 valence electrons. The monoisotopic (exact) mass is 675 g/mol. The predicted molar refractivity (Wildman–Crippen MR) is 168 cm³/mol. The number of rotatable bonds is 9. The van der Waals surface area contributed by atoms with Crippen molar-refractivity contribution < 1.29 is 19.4 Å². The van der Waals surface area contributed by atoms with E-state index in [2.05, 4.69) is 31.9 Å². The van der Waals surface area contributed by atoms with Crippen LogP contribution in [-0.4, -0.2) is 41.4 Å². The summed E-state index contributed by atoms with van der Waals surface area (Å²) in [6, 6.07) is 28.3. The number of phenols is 1. The molecule has 1 amide bonds. The molecule has 1 heterocycles. The number of hydrogen-bond acceptors (Lipinski definition) is 4. The topological polar surface area (TPSA) is 66.8 Å². The molecule has 5 rings (SSSR count). The second-order valence-corrected chi connectivity index (χ2v) is 12.0. The summed E-state index contributed by atoms with van der Waals surface area (Å²) in [5, 5.41) is 9.93. The lowest BCUT2D eigenvalue weighted by atomic mass is 9.90. The van der Waals surface area contributed by atoms with E-state index in [1.165, 1.54) is 5.56 Å². The van der Waals surface area contributed by atoms with Crippen molar-refractivity contribution in [2.45, 2.75) is 25.7 Å². The molecule has 0 radical (unpaired) electrons. The highest BCUT2D eigenvalue weighted by molar-refractivity contribution is 9.11. The van der Waals surface area contributed by atoms with Crippen LogP contribution in [0.15, 0.2) is 99.9 Å². The van der Waals surface area contributed by atoms with E-state index in [1.807, 2.05) is 95.9 Å². The second kappa shape index (κ2) is 13.5. The molecule has 1 saturated heterocycles. The number of halogens is 2. The predicted octanol–water partition coefficient (Wildman–Crippen LogP) is 8.07. The highest BCUT2D eigenvalue weighted by Gasteiger charge is 2.23. The number of phenolic OH excluding ortho intramolecular Hbond substituents is 1. The van der Waals surface area contributed by atoms with Crippen molar-refractivity contribution in [2.24, 2.45) is 5.92 Å². The van der Waals surface area contributed by atoms with Crippen LogP contribution in [0.25, 0.3) is 11.1 Å². The minimum atomic E-state index is -0.0162. The maximum Gasteiger partial charge on any atom is 0.260 e. The van der Waals surface area contributed by atoms with Crippen LogP contribution >= 0.6 is 31.9 Å². The van der Waals surface area contributed by atoms with Gasteiger partial charge in [0.1, 0.15) is 11.5 Å². The van der Waals surface area contributed by atoms with Gasteiger partial charge in [-0.3, -0.25) is 9.59 Å². The molecule has 5 nitrogen and oxygen atoms in total. The zero-order valence-electron chi connectivity index (χ0n) is 22.6. The van der Waals surface area contributed by atoms with Crippen LogP contribution in [0.3, 0.4) is 0 Å². The molecule has 1 fully saturated rings. The Morgan fingerprint density at radius 2 is 1.44 bits per heavy atom. The van der Waals surface area contributed by atoms with Gasteiger partial charge in [-0.1, -0.05) is 72.8 Å². The first-order chi connectivity index (χ1) is 19.9. The van der Waals surface area contributed by atoms with E-state index >= 15 is 0 Å². The van der Waals surface area contributed by atoms with Crippen LogP contribution < -0.4 is 4.74 Å². The minimum Gasteiger partial charge on any atom is -0.506 e. The minimum absolute atomic E-state index is 0.00606. The van der Waals surface area contributed by atoms with Gasteiger partial charge in [0.05, 0.1) is 8.95 Å². The third-order valence-electron chi connectivity index (χ3n) is 7.62. The van der Waals surface area contributed by atoms with E-state index < -0.39 is 0 Å². The Hall–Kier alpha value is -3.42. The van der Waals surface area contributed by atoms with Crippen LogP contribution in [0.4, 0.5) is 0 Å². The Balaban J connectivity index is 1.13. The fraction of sp³-hybridized carbons (Fsp3) is 0.235. The Morgan fingerprint density at radius 3 is 2.12 bits per heavy atom. The molecular weight excluding hydrogens is 646 g/mol. The zero-order valence-corrected chi connectivity index (χ0v) is 25.7. The summed E-state index contributed by atoms with van der Waals surface area (Å²) in [6.45, 7) is 1.45. The quantitative estimate of drug-likeness (QED) is 0.182. The summed E-state index contributed by atoms with van der Waals surface area (Å²) in [7, 11) is 0. The lowest BCUT2D eigenvalue weighted by Crippen LogP contribution is -2.41. The van der Waals surface area contributed by atoms with E-state index in [9.17, 15) is 14.7 Å². The van der Waals surface area contributed by atoms with E-state index in [0.29, 0.717) is 31.7 Å². The number of aromatic hydroxyl groups is 1. The maximum atomic E-state index is 13.0. The summed E-state index contributed by atoms with van der Waals surface area (Å²) < 4.78 is 7.42. The van der Waals surface area contributed by atoms with Gasteiger partial charge >= 0.3 is 0 Å². The molecule has 0 aliphatic carbocycles. The zero-order chi connectivity index (χ0) is 28.8. The first-order valence-electron chi connectivity index (χ1n) is 13.8. The van der Waals surface area contributed by atoms with Crippen molar-refractivity contribution in [2.75, 3.05) is 19.7 Å². The number of likely N-dealkylation sites (tertiary alicyclic amines) is 1. The molecule has 1 aliphatic rings. The van der Waals surface area contributed by atoms with Gasteiger partial charge in [-0.2, -0.15) is 0 Å². The number of hydrogen-bond donors (Lipinski definition) is 1. The molecule has 0 aromatic heterocycles. The Kier molecular flexibility index (Phi) is 9.57. The number of ketones is 1. The van der Waals surface area contributed by atoms with Gasteiger partial charge < -0.3 is 14.7 Å². The molecule has 41 heavy (non-hydrogen) atoms. The maximum absolute atomic E-state index is 13.0. The number of piperidine rings is 1. The van der Waals surface area contributed by atoms with Crippen molar-refractivity contribution >= 4 is 43.6 Å². The molecule has 1 aliphatic heterocycles. The van der Waals surface area contributed by atoms with Crippen LogP contribution in [-0.2, 0) is 11.2 Å². The summed E-state index contributed by atoms with van der Waals surface area (Å²) in [5.41, 5.74) is 4.26. The smallest absolute Gasteiger partial charge is 0.260 e. The first-order valence-corrected chi connectivity index (χ1v) is 15.3. The van der Waals surface area contributed by atoms with Gasteiger partial charge in [0.2, 0.25) is 0 Å². The van der Waals surface area contributed by atoms with E-state index in [0.717, 1.165) is 49.9 Å². The van der Waals surface area contributed by atoms with Gasteiger partial charge in [0.25, 0.3) is 5.91 Å². The fourth-order valence-corrected chi connectivity index (χ4v) is 6.50. The molecule has 4 aromatic carbocycles. The average Bonchev–Trinajstić information content (AvgIpc) is 3.02. The van der Waals surface area contributed by atoms with Gasteiger partial charge in [-0.25, -0.2) is 0 Å². The number of amides is 1. The summed E-state index contributed by atoms with van der Waals surface area (Å²) in [6.07, 6.45) is 3.91. The van der Waals surface area contributed by atoms with Crippen LogP contribution in [0.5, 0.6) is 11.5 Å². The second-order valence-electron chi connectivity index (χ2n) is 10.3. The van der Waals surface area contributed by atoms with Crippen LogP contribution in [0.2, 0.25) is 0 Å². The Bertz CT molecular complexity index is 1490. The molecule has 0 atom stereocenters. The lowest BCUT2D eigenvalue weighted by Gasteiger charge is -2.32. The number of aryl methyl sites for hydroxylation is 1. The third-order valence-corrected chi connectivity index (χ3v) is 8.83. The average molecular weight is 677 g/mol. The summed E-state index contributed by atoms with van der Waals surface area (Å²) in [4.78, 5) is 27.7. The van der Waals surface area contributed by atoms with Crippen molar-refractivity contribution in [3.05, 3.63) is 117 Å². The van der Waals surface area contributed by atoms with Crippen LogP contribution in [0.1, 0.15) is 40.7 Å². The fourth-order valence-electron chi connectivity index (χ4n) is 5.22. The summed E-state index contributed by atoms with van der Waals surface area (Å²) in [5.74, 6) is 1.40. The standard InChI is InChI=1S/C34H31Br2NO4/c35-29-20-24(21-30(36)34(29)40)11-10-23-16-18-37(19-17-23)32(38)22-41-31-9-5-4-8-28(31)25-12-14-27(15-13-25)33(39)26-6-2-1-3-7-26/h1-9,12-15,20-21,23,40H,10-11,16-19,22H2. The van der Waals surface area contributed by atoms with Crippen molar-refractivity contribution in [3.63, 3.8) is 0 Å². The van der Waals surface area contributed by atoms with Gasteiger partial charge in [-0.15, -0.1) is 0 Å². The molecular formula is C34H31Br2NO4. The number of carbonyl (C=O) groups is 2. The third kappa shape index (κ3) is 7.27. The van der Waals surface area contributed by atoms with Gasteiger partial charge in [0, 0.05) is 29.8 Å². The number of carbonyl (C=O) groups excluding carboxylic acids is 2. The SMILES string of the molecule is O=C(c1ccccc1)c1ccc(-c2ccccc2OCC(=O)N2CCC(CCc3cc(Br)c(O)c(Br)c3)CC2)cc1. The van der Waals surface area contributed by atoms with Crippen molar-refractivity contribution in [1.29, 1.82) is 0 Å². The van der Waals surface area contributed by atoms with Crippen molar-refractivity contribution in [3.8, 4) is 22.6 Å². The molecule has 4 aromatic rings. The molecule has 0 saturated carbocycles. The van der Waals surface area contributed by atoms with E-state index in [-0.39, 0.29) is 24.0 Å². The normalized spacial score (nSPS) is 13.7. The number of ether oxygens (including phenoxy) is 1. The largest absolute Gasteiger partial charge is 0.506 e. The molecule has 0 bridgehead atoms. The first kappa shape index (κ1) is 29.1. The molecule has 0 spiro atoms. The van der Waals surface area contributed by atoms with Crippen molar-refractivity contribution in [1.82, 2.24) is 4.90 Å². The van der Waals surface area contributed by atoms with Gasteiger partial charge in [-0.05, 0) is 92.8 Å². The lowest BCUT2D eigenvalue weighted by molar-refractivity contribution is -0.134. The number of benzene rings is 4. The molecule has 0 unspecified atom stereocenters. The Labute approximate surface area is 257 Å². The van der Waals surface area contributed by atoms with Crippen LogP contribution in [0, 0.1) is 5.92 Å². The molecule has 1 N–H and O–H groups in total. The highest BCUT2D eigenvalue weighted by atomic mass is 79.9. The van der Waals surface area contributed by atoms with E-state index in [1.54, 1.807) is 0 Å². The molecule has 7 heteroatoms. The summed E-state index contributed by atoms with van der Waals surface area (Å²) >= 11 is 6.81. The van der Waals surface area contributed by atoms with Gasteiger partial charge in [0.15, 0.2) is 12.4 Å². The number of nitrogens with zero attached hydrogens (tertiary/aromatic N) is 1. The van der Waals surface area contributed by atoms with E-state index in [4.69, 9.17) is 4.74 Å².